The molecule has 7 nitrogen and oxygen atoms in total. The second kappa shape index (κ2) is 6.74. The van der Waals surface area contributed by atoms with E-state index in [4.69, 9.17) is 4.74 Å². The van der Waals surface area contributed by atoms with Gasteiger partial charge in [0, 0.05) is 55.4 Å². The van der Waals surface area contributed by atoms with Crippen LogP contribution in [0.1, 0.15) is 23.2 Å². The number of hydrogen-bond donors (Lipinski definition) is 1. The van der Waals surface area contributed by atoms with Crippen molar-refractivity contribution >= 4 is 22.6 Å². The molecule has 1 N–H and O–H groups in total. The minimum atomic E-state index is -0.109. The molecule has 0 aliphatic carbocycles. The van der Waals surface area contributed by atoms with E-state index in [0.29, 0.717) is 23.9 Å². The highest BCUT2D eigenvalue weighted by molar-refractivity contribution is 5.97. The number of pyridine rings is 1. The second-order valence-electron chi connectivity index (χ2n) is 8.60. The third-order valence-electron chi connectivity index (χ3n) is 7.01. The summed E-state index contributed by atoms with van der Waals surface area (Å²) in [6.45, 7) is 2.37. The molecule has 3 aliphatic heterocycles. The first-order valence-corrected chi connectivity index (χ1v) is 10.5. The molecule has 0 saturated carbocycles. The van der Waals surface area contributed by atoms with Crippen LogP contribution in [0.15, 0.2) is 55.1 Å². The Morgan fingerprint density at radius 1 is 1.23 bits per heavy atom. The summed E-state index contributed by atoms with van der Waals surface area (Å²) in [7, 11) is 0. The SMILES string of the molecule is O=C(NC[C@H]1[C@H]2CN(c3cnccn3)C[C@]23CC[C@H]1O3)c1cnc2ccccc2c1. The molecular formula is C23H23N5O2. The van der Waals surface area contributed by atoms with Crippen LogP contribution in [0.2, 0.25) is 0 Å². The lowest BCUT2D eigenvalue weighted by Gasteiger charge is -2.29. The average Bonchev–Trinajstić information content (AvgIpc) is 3.46. The Morgan fingerprint density at radius 2 is 2.17 bits per heavy atom. The Labute approximate surface area is 174 Å². The van der Waals surface area contributed by atoms with Crippen molar-refractivity contribution in [2.24, 2.45) is 11.8 Å². The normalized spacial score (nSPS) is 29.3. The summed E-state index contributed by atoms with van der Waals surface area (Å²) in [6, 6.07) is 9.74. The fourth-order valence-electron chi connectivity index (χ4n) is 5.60. The molecular weight excluding hydrogens is 378 g/mol. The van der Waals surface area contributed by atoms with Crippen molar-refractivity contribution in [3.8, 4) is 0 Å². The molecule has 3 fully saturated rings. The molecule has 7 heteroatoms. The molecule has 2 aromatic heterocycles. The van der Waals surface area contributed by atoms with Crippen LogP contribution < -0.4 is 10.2 Å². The summed E-state index contributed by atoms with van der Waals surface area (Å²) in [4.78, 5) is 28.2. The van der Waals surface area contributed by atoms with Crippen molar-refractivity contribution in [3.63, 3.8) is 0 Å². The number of carbonyl (C=O) groups excluding carboxylic acids is 1. The number of fused-ring (bicyclic) bond motifs is 2. The number of nitrogens with one attached hydrogen (secondary N) is 1. The third kappa shape index (κ3) is 2.76. The molecule has 30 heavy (non-hydrogen) atoms. The van der Waals surface area contributed by atoms with Gasteiger partial charge in [0.2, 0.25) is 0 Å². The first-order valence-electron chi connectivity index (χ1n) is 10.5. The van der Waals surface area contributed by atoms with Crippen LogP contribution in [0.3, 0.4) is 0 Å². The number of rotatable bonds is 4. The highest BCUT2D eigenvalue weighted by atomic mass is 16.5. The minimum Gasteiger partial charge on any atom is -0.369 e. The predicted octanol–water partition coefficient (Wildman–Crippen LogP) is 2.44. The molecule has 2 bridgehead atoms. The van der Waals surface area contributed by atoms with Gasteiger partial charge in [-0.05, 0) is 25.0 Å². The zero-order valence-corrected chi connectivity index (χ0v) is 16.6. The lowest BCUT2D eigenvalue weighted by atomic mass is 9.73. The molecule has 3 aliphatic rings. The van der Waals surface area contributed by atoms with Crippen LogP contribution in [-0.4, -0.2) is 52.2 Å². The summed E-state index contributed by atoms with van der Waals surface area (Å²) in [5.41, 5.74) is 1.38. The number of anilines is 1. The van der Waals surface area contributed by atoms with E-state index >= 15 is 0 Å². The van der Waals surface area contributed by atoms with Crippen LogP contribution in [0.25, 0.3) is 10.9 Å². The van der Waals surface area contributed by atoms with Gasteiger partial charge in [0.05, 0.1) is 29.0 Å². The highest BCUT2D eigenvalue weighted by Crippen LogP contribution is 2.55. The maximum absolute atomic E-state index is 12.8. The van der Waals surface area contributed by atoms with Crippen molar-refractivity contribution in [3.05, 3.63) is 60.7 Å². The number of amides is 1. The van der Waals surface area contributed by atoms with E-state index in [2.05, 4.69) is 25.2 Å². The van der Waals surface area contributed by atoms with Crippen molar-refractivity contribution in [1.82, 2.24) is 20.3 Å². The average molecular weight is 401 g/mol. The number of hydrogen-bond acceptors (Lipinski definition) is 6. The van der Waals surface area contributed by atoms with Crippen LogP contribution in [0.5, 0.6) is 0 Å². The molecule has 4 atom stereocenters. The van der Waals surface area contributed by atoms with Crippen molar-refractivity contribution in [2.75, 3.05) is 24.5 Å². The molecule has 152 valence electrons. The number of aromatic nitrogens is 3. The maximum atomic E-state index is 12.8. The van der Waals surface area contributed by atoms with Crippen LogP contribution in [0, 0.1) is 11.8 Å². The van der Waals surface area contributed by atoms with Crippen LogP contribution in [-0.2, 0) is 4.74 Å². The standard InChI is InChI=1S/C23H23N5O2/c29-22(16-9-15-3-1-2-4-19(15)26-10-16)27-11-17-18-13-28(21-12-24-7-8-25-21)14-23(18)6-5-20(17)30-23/h1-4,7-10,12,17-18,20H,5-6,11,13-14H2,(H,27,29)/t17-,18+,20+,23+/m0/s1. The van der Waals surface area contributed by atoms with Gasteiger partial charge in [-0.3, -0.25) is 14.8 Å². The number of benzene rings is 1. The quantitative estimate of drug-likeness (QED) is 0.723. The zero-order valence-electron chi connectivity index (χ0n) is 16.6. The van der Waals surface area contributed by atoms with Gasteiger partial charge in [-0.2, -0.15) is 0 Å². The van der Waals surface area contributed by atoms with Crippen molar-refractivity contribution in [1.29, 1.82) is 0 Å². The van der Waals surface area contributed by atoms with E-state index in [1.807, 2.05) is 36.5 Å². The molecule has 1 aromatic carbocycles. The second-order valence-corrected chi connectivity index (χ2v) is 8.60. The Balaban J connectivity index is 1.17. The largest absolute Gasteiger partial charge is 0.369 e. The topological polar surface area (TPSA) is 80.2 Å². The van der Waals surface area contributed by atoms with Gasteiger partial charge in [-0.15, -0.1) is 0 Å². The fraction of sp³-hybridized carbons (Fsp3) is 0.391. The van der Waals surface area contributed by atoms with Gasteiger partial charge < -0.3 is 15.0 Å². The molecule has 6 rings (SSSR count). The van der Waals surface area contributed by atoms with Gasteiger partial charge in [0.25, 0.3) is 5.91 Å². The number of carbonyl (C=O) groups is 1. The Kier molecular flexibility index (Phi) is 3.99. The van der Waals surface area contributed by atoms with E-state index in [9.17, 15) is 4.79 Å². The lowest BCUT2D eigenvalue weighted by molar-refractivity contribution is 0.0141. The monoisotopic (exact) mass is 401 g/mol. The third-order valence-corrected chi connectivity index (χ3v) is 7.01. The molecule has 5 heterocycles. The van der Waals surface area contributed by atoms with Gasteiger partial charge in [0.15, 0.2) is 0 Å². The predicted molar refractivity (Wildman–Crippen MR) is 112 cm³/mol. The minimum absolute atomic E-state index is 0.0751. The fourth-order valence-corrected chi connectivity index (χ4v) is 5.60. The number of ether oxygens (including phenoxy) is 1. The summed E-state index contributed by atoms with van der Waals surface area (Å²) in [5.74, 6) is 1.54. The van der Waals surface area contributed by atoms with E-state index in [1.165, 1.54) is 0 Å². The van der Waals surface area contributed by atoms with E-state index in [1.54, 1.807) is 18.6 Å². The first kappa shape index (κ1) is 17.8. The summed E-state index contributed by atoms with van der Waals surface area (Å²) in [6.07, 6.45) is 9.26. The molecule has 0 radical (unpaired) electrons. The molecule has 1 spiro atoms. The molecule has 3 aromatic rings. The summed E-state index contributed by atoms with van der Waals surface area (Å²) in [5, 5.41) is 4.12. The lowest BCUT2D eigenvalue weighted by Crippen LogP contribution is -2.41. The highest BCUT2D eigenvalue weighted by Gasteiger charge is 2.63. The summed E-state index contributed by atoms with van der Waals surface area (Å²) >= 11 is 0. The molecule has 0 unspecified atom stereocenters. The maximum Gasteiger partial charge on any atom is 0.252 e. The number of para-hydroxylation sites is 1. The first-order chi connectivity index (χ1) is 14.7. The molecule has 3 saturated heterocycles. The van der Waals surface area contributed by atoms with E-state index in [-0.39, 0.29) is 17.6 Å². The zero-order chi connectivity index (χ0) is 20.1. The molecule has 1 amide bonds. The van der Waals surface area contributed by atoms with Gasteiger partial charge >= 0.3 is 0 Å². The Bertz CT molecular complexity index is 1110. The van der Waals surface area contributed by atoms with E-state index in [0.717, 1.165) is 42.7 Å². The Morgan fingerprint density at radius 3 is 3.07 bits per heavy atom. The van der Waals surface area contributed by atoms with Crippen molar-refractivity contribution < 1.29 is 9.53 Å². The van der Waals surface area contributed by atoms with Gasteiger partial charge in [0.1, 0.15) is 5.82 Å². The number of nitrogens with zero attached hydrogens (tertiary/aromatic N) is 4. The summed E-state index contributed by atoms with van der Waals surface area (Å²) < 4.78 is 6.49. The van der Waals surface area contributed by atoms with Gasteiger partial charge in [-0.1, -0.05) is 18.2 Å². The Hall–Kier alpha value is -3.06. The smallest absolute Gasteiger partial charge is 0.252 e. The van der Waals surface area contributed by atoms with Crippen LogP contribution >= 0.6 is 0 Å². The van der Waals surface area contributed by atoms with Crippen LogP contribution in [0.4, 0.5) is 5.82 Å². The van der Waals surface area contributed by atoms with Gasteiger partial charge in [-0.25, -0.2) is 4.98 Å². The van der Waals surface area contributed by atoms with Crippen molar-refractivity contribution in [2.45, 2.75) is 24.5 Å². The van der Waals surface area contributed by atoms with E-state index < -0.39 is 0 Å².